The summed E-state index contributed by atoms with van der Waals surface area (Å²) >= 11 is 6.08. The van der Waals surface area contributed by atoms with Crippen LogP contribution in [0.25, 0.3) is 0 Å². The third kappa shape index (κ3) is 1.95. The van der Waals surface area contributed by atoms with E-state index in [-0.39, 0.29) is 17.8 Å². The van der Waals surface area contributed by atoms with Gasteiger partial charge in [0.15, 0.2) is 0 Å². The number of aromatic nitrogens is 1. The van der Waals surface area contributed by atoms with E-state index in [4.69, 9.17) is 8.48 Å². The van der Waals surface area contributed by atoms with Crippen LogP contribution in [-0.4, -0.2) is 4.98 Å². The minimum Gasteiger partial charge on any atom is -0.399 e. The fourth-order valence-electron chi connectivity index (χ4n) is 0.396. The van der Waals surface area contributed by atoms with E-state index >= 15 is 0 Å². The van der Waals surface area contributed by atoms with Crippen LogP contribution in [0, 0.1) is 0 Å². The van der Waals surface area contributed by atoms with Gasteiger partial charge in [-0.05, 0) is 43.9 Å². The molecule has 0 aromatic carbocycles. The lowest BCUT2D eigenvalue weighted by atomic mass is 10.4. The number of hydrogen-bond acceptors (Lipinski definition) is 2. The van der Waals surface area contributed by atoms with E-state index in [0.29, 0.717) is 9.21 Å². The van der Waals surface area contributed by atoms with Gasteiger partial charge in [-0.25, -0.2) is 4.98 Å². The van der Waals surface area contributed by atoms with Crippen LogP contribution in [0.3, 0.4) is 0 Å². The van der Waals surface area contributed by atoms with Crippen LogP contribution in [0.1, 0.15) is 2.74 Å². The summed E-state index contributed by atoms with van der Waals surface area (Å²) in [6, 6.07) is 0.108. The molecule has 0 saturated heterocycles. The van der Waals surface area contributed by atoms with Crippen molar-refractivity contribution < 1.29 is 2.74 Å². The molecule has 2 N–H and O–H groups in total. The van der Waals surface area contributed by atoms with Crippen molar-refractivity contribution in [2.24, 2.45) is 0 Å². The molecular weight excluding hydrogens is 248 g/mol. The van der Waals surface area contributed by atoms with Gasteiger partial charge in [-0.2, -0.15) is 0 Å². The molecule has 0 bridgehead atoms. The molecule has 0 spiro atoms. The van der Waals surface area contributed by atoms with Gasteiger partial charge in [0.2, 0.25) is 0 Å². The molecule has 9 heavy (non-hydrogen) atoms. The minimum absolute atomic E-state index is 0.0539. The summed E-state index contributed by atoms with van der Waals surface area (Å²) in [5.74, 6) is 0. The molecule has 1 aromatic heterocycles. The number of halogens is 2. The van der Waals surface area contributed by atoms with Crippen molar-refractivity contribution in [1.29, 1.82) is 0 Å². The number of nitrogen functional groups attached to an aromatic ring is 1. The average Bonchev–Trinajstić information content (AvgIpc) is 1.97. The highest BCUT2D eigenvalue weighted by molar-refractivity contribution is 9.11. The van der Waals surface area contributed by atoms with Gasteiger partial charge in [0.1, 0.15) is 9.21 Å². The maximum Gasteiger partial charge on any atom is 0.109 e. The third-order valence-electron chi connectivity index (χ3n) is 0.672. The number of rotatable bonds is 0. The highest BCUT2D eigenvalue weighted by atomic mass is 79.9. The van der Waals surface area contributed by atoms with Crippen molar-refractivity contribution in [3.63, 3.8) is 0 Å². The van der Waals surface area contributed by atoms with E-state index in [1.165, 1.54) is 0 Å². The van der Waals surface area contributed by atoms with Gasteiger partial charge in [-0.1, -0.05) is 0 Å². The summed E-state index contributed by atoms with van der Waals surface area (Å²) in [6.45, 7) is 0. The van der Waals surface area contributed by atoms with E-state index < -0.39 is 0 Å². The van der Waals surface area contributed by atoms with Crippen molar-refractivity contribution in [3.05, 3.63) is 21.3 Å². The molecule has 0 fully saturated rings. The van der Waals surface area contributed by atoms with E-state index in [1.54, 1.807) is 0 Å². The van der Waals surface area contributed by atoms with Gasteiger partial charge in [-0.3, -0.25) is 0 Å². The highest BCUT2D eigenvalue weighted by Gasteiger charge is 1.92. The van der Waals surface area contributed by atoms with Crippen molar-refractivity contribution in [3.8, 4) is 0 Å². The smallest absolute Gasteiger partial charge is 0.109 e. The van der Waals surface area contributed by atoms with Gasteiger partial charge >= 0.3 is 0 Å². The summed E-state index contributed by atoms with van der Waals surface area (Å²) in [6.07, 6.45) is 0. The number of nitrogens with two attached hydrogens (primary N) is 1. The van der Waals surface area contributed by atoms with Crippen molar-refractivity contribution in [1.82, 2.24) is 4.98 Å². The Hall–Kier alpha value is -0.0900. The lowest BCUT2D eigenvalue weighted by Gasteiger charge is -1.93. The van der Waals surface area contributed by atoms with Crippen LogP contribution in [-0.2, 0) is 0 Å². The first-order valence-corrected chi connectivity index (χ1v) is 3.70. The molecule has 1 aromatic rings. The van der Waals surface area contributed by atoms with Crippen molar-refractivity contribution in [2.45, 2.75) is 0 Å². The molecule has 0 saturated carbocycles. The molecule has 4 heteroatoms. The predicted molar refractivity (Wildman–Crippen MR) is 44.0 cm³/mol. The SMILES string of the molecule is [2H]c1c(Br)nc(Br)c([2H])c1N. The zero-order chi connectivity index (χ0) is 8.59. The largest absolute Gasteiger partial charge is 0.399 e. The Morgan fingerprint density at radius 1 is 1.44 bits per heavy atom. The average molecular weight is 254 g/mol. The summed E-state index contributed by atoms with van der Waals surface area (Å²) in [5.41, 5.74) is 5.53. The molecular formula is C5H4Br2N2. The van der Waals surface area contributed by atoms with Crippen molar-refractivity contribution in [2.75, 3.05) is 5.73 Å². The zero-order valence-corrected chi connectivity index (χ0v) is 7.45. The van der Waals surface area contributed by atoms with Crippen LogP contribution in [0.15, 0.2) is 21.3 Å². The Morgan fingerprint density at radius 3 is 2.33 bits per heavy atom. The lowest BCUT2D eigenvalue weighted by Crippen LogP contribution is -1.86. The lowest BCUT2D eigenvalue weighted by molar-refractivity contribution is 1.23. The van der Waals surface area contributed by atoms with Crippen LogP contribution >= 0.6 is 31.9 Å². The quantitative estimate of drug-likeness (QED) is 0.720. The molecule has 48 valence electrons. The molecule has 0 atom stereocenters. The second kappa shape index (κ2) is 2.66. The maximum absolute atomic E-state index is 7.31. The number of anilines is 1. The zero-order valence-electron chi connectivity index (χ0n) is 6.28. The molecule has 0 aliphatic carbocycles. The molecule has 0 unspecified atom stereocenters. The fourth-order valence-corrected chi connectivity index (χ4v) is 1.42. The Kier molecular flexibility index (Phi) is 1.39. The van der Waals surface area contributed by atoms with E-state index in [9.17, 15) is 0 Å². The molecule has 2 nitrogen and oxygen atoms in total. The normalized spacial score (nSPS) is 12.7. The topological polar surface area (TPSA) is 38.9 Å². The molecule has 0 aliphatic rings. The second-order valence-corrected chi connectivity index (χ2v) is 2.86. The third-order valence-corrected chi connectivity index (χ3v) is 1.42. The molecule has 0 radical (unpaired) electrons. The van der Waals surface area contributed by atoms with E-state index in [1.807, 2.05) is 0 Å². The highest BCUT2D eigenvalue weighted by Crippen LogP contribution is 2.16. The van der Waals surface area contributed by atoms with Gasteiger partial charge in [0.25, 0.3) is 0 Å². The number of pyridine rings is 1. The van der Waals surface area contributed by atoms with E-state index in [0.717, 1.165) is 0 Å². The molecule has 0 aliphatic heterocycles. The Labute approximate surface area is 72.5 Å². The van der Waals surface area contributed by atoms with E-state index in [2.05, 4.69) is 36.8 Å². The minimum atomic E-state index is 0.0539. The summed E-state index contributed by atoms with van der Waals surface area (Å²) in [7, 11) is 0. The molecule has 1 heterocycles. The van der Waals surface area contributed by atoms with Crippen LogP contribution < -0.4 is 5.73 Å². The van der Waals surface area contributed by atoms with Gasteiger partial charge < -0.3 is 5.73 Å². The first-order valence-electron chi connectivity index (χ1n) is 3.11. The Balaban J connectivity index is 3.46. The van der Waals surface area contributed by atoms with Gasteiger partial charge in [0.05, 0.1) is 2.74 Å². The van der Waals surface area contributed by atoms with Gasteiger partial charge in [0, 0.05) is 5.69 Å². The fraction of sp³-hybridized carbons (Fsp3) is 0. The van der Waals surface area contributed by atoms with Crippen LogP contribution in [0.5, 0.6) is 0 Å². The number of nitrogens with zero attached hydrogens (tertiary/aromatic N) is 1. The van der Waals surface area contributed by atoms with Crippen molar-refractivity contribution >= 4 is 37.5 Å². The monoisotopic (exact) mass is 252 g/mol. The Morgan fingerprint density at radius 2 is 1.89 bits per heavy atom. The molecule has 0 amide bonds. The summed E-state index contributed by atoms with van der Waals surface area (Å²) in [4.78, 5) is 3.81. The summed E-state index contributed by atoms with van der Waals surface area (Å²) < 4.78 is 15.3. The number of hydrogen-bond donors (Lipinski definition) is 1. The first-order chi connectivity index (χ1) is 5.04. The van der Waals surface area contributed by atoms with Gasteiger partial charge in [-0.15, -0.1) is 0 Å². The maximum atomic E-state index is 7.31. The molecule has 1 rings (SSSR count). The van der Waals surface area contributed by atoms with Crippen LogP contribution in [0.4, 0.5) is 5.69 Å². The van der Waals surface area contributed by atoms with Crippen LogP contribution in [0.2, 0.25) is 0 Å². The second-order valence-electron chi connectivity index (χ2n) is 1.36. The predicted octanol–water partition coefficient (Wildman–Crippen LogP) is 2.19. The first kappa shape index (κ1) is 4.68. The summed E-state index contributed by atoms with van der Waals surface area (Å²) in [5, 5.41) is 0. The Bertz CT molecular complexity index is 277. The standard InChI is InChI=1S/C5H4Br2N2/c6-4-1-3(8)2-5(7)9-4/h1-2H,(H2,8,9)/i1D,2D.